The summed E-state index contributed by atoms with van der Waals surface area (Å²) < 4.78 is 34.1. The number of nitrogens with one attached hydrogen (secondary N) is 1. The van der Waals surface area contributed by atoms with Crippen LogP contribution in [0.4, 0.5) is 0 Å². The van der Waals surface area contributed by atoms with E-state index in [0.29, 0.717) is 12.8 Å². The summed E-state index contributed by atoms with van der Waals surface area (Å²) in [4.78, 5) is 13.3. The van der Waals surface area contributed by atoms with Crippen molar-refractivity contribution >= 4 is 5.91 Å². The molecule has 0 radical (unpaired) electrons. The molecular formula is C56H99NO18. The van der Waals surface area contributed by atoms with Crippen LogP contribution in [0.25, 0.3) is 0 Å². The predicted octanol–water partition coefficient (Wildman–Crippen LogP) is 3.92. The van der Waals surface area contributed by atoms with Gasteiger partial charge in [0.15, 0.2) is 18.9 Å². The molecule has 12 N–H and O–H groups in total. The highest BCUT2D eigenvalue weighted by Gasteiger charge is 2.53. The van der Waals surface area contributed by atoms with Gasteiger partial charge >= 0.3 is 0 Å². The van der Waals surface area contributed by atoms with Crippen molar-refractivity contribution < 1.29 is 89.4 Å². The minimum atomic E-state index is -1.98. The van der Waals surface area contributed by atoms with Crippen molar-refractivity contribution in [3.05, 3.63) is 48.6 Å². The Morgan fingerprint density at radius 1 is 0.480 bits per heavy atom. The molecule has 3 aliphatic heterocycles. The zero-order chi connectivity index (χ0) is 54.8. The van der Waals surface area contributed by atoms with Gasteiger partial charge in [-0.05, 0) is 57.8 Å². The molecule has 3 fully saturated rings. The van der Waals surface area contributed by atoms with E-state index in [2.05, 4.69) is 55.6 Å². The van der Waals surface area contributed by atoms with Gasteiger partial charge in [0.1, 0.15) is 73.2 Å². The number of amides is 1. The molecule has 75 heavy (non-hydrogen) atoms. The first kappa shape index (κ1) is 67.0. The smallest absolute Gasteiger partial charge is 0.220 e. The van der Waals surface area contributed by atoms with Gasteiger partial charge in [0.2, 0.25) is 5.91 Å². The second-order valence-electron chi connectivity index (χ2n) is 20.4. The van der Waals surface area contributed by atoms with Gasteiger partial charge < -0.3 is 89.9 Å². The molecule has 0 aromatic rings. The van der Waals surface area contributed by atoms with E-state index in [1.54, 1.807) is 6.08 Å². The van der Waals surface area contributed by atoms with Gasteiger partial charge in [-0.3, -0.25) is 4.79 Å². The molecule has 0 aliphatic carbocycles. The Morgan fingerprint density at radius 3 is 1.47 bits per heavy atom. The molecule has 0 spiro atoms. The minimum absolute atomic E-state index is 0.218. The van der Waals surface area contributed by atoms with Crippen LogP contribution in [-0.4, -0.2) is 193 Å². The summed E-state index contributed by atoms with van der Waals surface area (Å²) in [5.41, 5.74) is 0. The lowest BCUT2D eigenvalue weighted by Crippen LogP contribution is -2.66. The van der Waals surface area contributed by atoms with Crippen LogP contribution in [0.15, 0.2) is 48.6 Å². The summed E-state index contributed by atoms with van der Waals surface area (Å²) in [6.45, 7) is 1.60. The van der Waals surface area contributed by atoms with E-state index >= 15 is 0 Å². The lowest BCUT2D eigenvalue weighted by molar-refractivity contribution is -0.379. The molecule has 0 aromatic heterocycles. The highest BCUT2D eigenvalue weighted by atomic mass is 16.8. The molecule has 0 bridgehead atoms. The van der Waals surface area contributed by atoms with Crippen molar-refractivity contribution in [3.8, 4) is 0 Å². The number of aliphatic hydroxyl groups is 11. The van der Waals surface area contributed by atoms with Gasteiger partial charge in [0.05, 0.1) is 38.6 Å². The lowest BCUT2D eigenvalue weighted by atomic mass is 9.96. The van der Waals surface area contributed by atoms with Crippen molar-refractivity contribution in [2.24, 2.45) is 0 Å². The van der Waals surface area contributed by atoms with Crippen LogP contribution in [0, 0.1) is 0 Å². The van der Waals surface area contributed by atoms with Gasteiger partial charge in [0, 0.05) is 6.42 Å². The Hall–Kier alpha value is -2.25. The number of allylic oxidation sites excluding steroid dienone is 7. The molecule has 19 nitrogen and oxygen atoms in total. The standard InChI is InChI=1S/C56H99NO18/c1-3-5-7-9-11-13-15-17-18-19-20-22-23-25-27-29-31-33-40(61)39(57-44(62)34-32-30-28-26-24-21-16-14-12-10-8-6-4-2)38-70-54-50(68)47(65)52(42(36-59)72-54)75-56-51(69)48(66)53(43(37-60)73-56)74-55-49(67)46(64)45(63)41(35-58)71-55/h8,10,14,16,23,25,31,33,39-43,45-56,58-61,63-69H,3-7,9,11-13,15,17-22,24,26-30,32,34-38H2,1-2H3,(H,57,62)/b10-8-,16-14-,25-23+,33-31+. The number of carbonyl (C=O) groups excluding carboxylic acids is 1. The number of ether oxygens (including phenoxy) is 6. The Kier molecular flexibility index (Phi) is 35.8. The molecule has 3 aliphatic rings. The first-order chi connectivity index (χ1) is 36.3. The summed E-state index contributed by atoms with van der Waals surface area (Å²) >= 11 is 0. The molecule has 19 heteroatoms. The van der Waals surface area contributed by atoms with Crippen LogP contribution in [0.1, 0.15) is 168 Å². The molecule has 17 unspecified atom stereocenters. The van der Waals surface area contributed by atoms with Crippen molar-refractivity contribution in [1.82, 2.24) is 5.32 Å². The lowest BCUT2D eigenvalue weighted by Gasteiger charge is -2.48. The third kappa shape index (κ3) is 24.8. The molecule has 3 saturated heterocycles. The van der Waals surface area contributed by atoms with E-state index in [-0.39, 0.29) is 18.9 Å². The topological polar surface area (TPSA) is 307 Å². The number of unbranched alkanes of at least 4 members (excludes halogenated alkanes) is 18. The zero-order valence-electron chi connectivity index (χ0n) is 45.0. The van der Waals surface area contributed by atoms with E-state index in [1.807, 2.05) is 6.08 Å². The molecule has 3 rings (SSSR count). The highest BCUT2D eigenvalue weighted by molar-refractivity contribution is 5.76. The number of carbonyl (C=O) groups is 1. The molecule has 0 aromatic carbocycles. The molecule has 1 amide bonds. The molecule has 0 saturated carbocycles. The van der Waals surface area contributed by atoms with Crippen molar-refractivity contribution in [2.45, 2.75) is 272 Å². The number of aliphatic hydroxyl groups excluding tert-OH is 11. The normalized spacial score (nSPS) is 31.6. The van der Waals surface area contributed by atoms with Crippen LogP contribution in [-0.2, 0) is 33.2 Å². The average molecular weight is 1070 g/mol. The molecule has 436 valence electrons. The zero-order valence-corrected chi connectivity index (χ0v) is 45.0. The first-order valence-electron chi connectivity index (χ1n) is 28.4. The first-order valence-corrected chi connectivity index (χ1v) is 28.4. The monoisotopic (exact) mass is 1070 g/mol. The second kappa shape index (κ2) is 40.0. The largest absolute Gasteiger partial charge is 0.394 e. The number of hydrogen-bond donors (Lipinski definition) is 12. The average Bonchev–Trinajstić information content (AvgIpc) is 3.41. The Bertz CT molecular complexity index is 1570. The van der Waals surface area contributed by atoms with Crippen LogP contribution in [0.5, 0.6) is 0 Å². The van der Waals surface area contributed by atoms with Gasteiger partial charge in [0.25, 0.3) is 0 Å². The van der Waals surface area contributed by atoms with Crippen molar-refractivity contribution in [3.63, 3.8) is 0 Å². The Balaban J connectivity index is 1.55. The highest BCUT2D eigenvalue weighted by Crippen LogP contribution is 2.33. The van der Waals surface area contributed by atoms with Crippen molar-refractivity contribution in [2.75, 3.05) is 26.4 Å². The van der Waals surface area contributed by atoms with Crippen LogP contribution in [0.2, 0.25) is 0 Å². The van der Waals surface area contributed by atoms with Gasteiger partial charge in [-0.2, -0.15) is 0 Å². The predicted molar refractivity (Wildman–Crippen MR) is 282 cm³/mol. The quantitative estimate of drug-likeness (QED) is 0.0306. The maximum atomic E-state index is 13.3. The van der Waals surface area contributed by atoms with Crippen LogP contribution >= 0.6 is 0 Å². The number of hydrogen-bond acceptors (Lipinski definition) is 18. The summed E-state index contributed by atoms with van der Waals surface area (Å²) in [7, 11) is 0. The van der Waals surface area contributed by atoms with E-state index in [4.69, 9.17) is 28.4 Å². The fourth-order valence-corrected chi connectivity index (χ4v) is 9.36. The molecular weight excluding hydrogens is 975 g/mol. The number of rotatable bonds is 40. The summed E-state index contributed by atoms with van der Waals surface area (Å²) in [6.07, 6.45) is 15.3. The molecule has 3 heterocycles. The summed E-state index contributed by atoms with van der Waals surface area (Å²) in [5, 5.41) is 120. The molecule has 17 atom stereocenters. The maximum absolute atomic E-state index is 13.3. The summed E-state index contributed by atoms with van der Waals surface area (Å²) in [6, 6.07) is -0.996. The minimum Gasteiger partial charge on any atom is -0.394 e. The maximum Gasteiger partial charge on any atom is 0.220 e. The van der Waals surface area contributed by atoms with Gasteiger partial charge in [-0.1, -0.05) is 152 Å². The Morgan fingerprint density at radius 2 is 0.920 bits per heavy atom. The second-order valence-corrected chi connectivity index (χ2v) is 20.4. The van der Waals surface area contributed by atoms with Crippen molar-refractivity contribution in [1.29, 1.82) is 0 Å². The Labute approximate surface area is 446 Å². The third-order valence-corrected chi connectivity index (χ3v) is 14.1. The summed E-state index contributed by atoms with van der Waals surface area (Å²) in [5.74, 6) is -0.303. The fraction of sp³-hybridized carbons (Fsp3) is 0.839. The SMILES string of the molecule is CCC/C=C\C/C=C\CCCCCCCC(=O)NC(COC1OC(CO)C(OC2OC(CO)C(OC3OC(CO)C(O)C(O)C3O)C(O)C2O)C(O)C1O)C(O)/C=C/CC/C=C/CCCCCCCCCCCCC. The van der Waals surface area contributed by atoms with Crippen LogP contribution in [0.3, 0.4) is 0 Å². The third-order valence-electron chi connectivity index (χ3n) is 14.1. The van der Waals surface area contributed by atoms with E-state index in [0.717, 1.165) is 70.6 Å². The van der Waals surface area contributed by atoms with E-state index in [9.17, 15) is 61.0 Å². The van der Waals surface area contributed by atoms with E-state index in [1.165, 1.54) is 64.2 Å². The van der Waals surface area contributed by atoms with Gasteiger partial charge in [-0.15, -0.1) is 0 Å². The van der Waals surface area contributed by atoms with E-state index < -0.39 is 124 Å². The van der Waals surface area contributed by atoms with Crippen LogP contribution < -0.4 is 5.32 Å². The fourth-order valence-electron chi connectivity index (χ4n) is 9.36. The van der Waals surface area contributed by atoms with Gasteiger partial charge in [-0.25, -0.2) is 0 Å².